The number of likely N-dealkylation sites (tertiary alicyclic amines) is 1. The lowest BCUT2D eigenvalue weighted by Crippen LogP contribution is -2.18. The molecule has 1 aromatic carbocycles. The fraction of sp³-hybridized carbons (Fsp3) is 0.474. The molecule has 0 aliphatic carbocycles. The standard InChI is InChI=1S/C19H25N3O4S/c1-12-18(27-16(20-12)11-22-7-5-6-8-22)19(23)21-13-9-14(24-2)17(26-4)15(10-13)25-3/h9-10H,5-8,11H2,1-4H3,(H,21,23). The molecule has 7 nitrogen and oxygen atoms in total. The molecule has 1 aliphatic heterocycles. The van der Waals surface area contributed by atoms with Crippen molar-refractivity contribution >= 4 is 22.9 Å². The molecule has 0 unspecified atom stereocenters. The summed E-state index contributed by atoms with van der Waals surface area (Å²) in [6.45, 7) is 4.88. The van der Waals surface area contributed by atoms with Gasteiger partial charge in [-0.3, -0.25) is 9.69 Å². The number of hydrogen-bond donors (Lipinski definition) is 1. The first-order valence-electron chi connectivity index (χ1n) is 8.85. The molecule has 146 valence electrons. The average molecular weight is 391 g/mol. The van der Waals surface area contributed by atoms with Gasteiger partial charge in [-0.25, -0.2) is 4.98 Å². The molecule has 2 aromatic rings. The fourth-order valence-electron chi connectivity index (χ4n) is 3.20. The smallest absolute Gasteiger partial charge is 0.267 e. The summed E-state index contributed by atoms with van der Waals surface area (Å²) in [5.41, 5.74) is 1.32. The Morgan fingerprint density at radius 2 is 1.78 bits per heavy atom. The number of methoxy groups -OCH3 is 3. The van der Waals surface area contributed by atoms with Crippen LogP contribution in [0.2, 0.25) is 0 Å². The van der Waals surface area contributed by atoms with Crippen LogP contribution in [0.3, 0.4) is 0 Å². The number of nitrogens with zero attached hydrogens (tertiary/aromatic N) is 2. The van der Waals surface area contributed by atoms with Crippen molar-refractivity contribution in [2.45, 2.75) is 26.3 Å². The zero-order chi connectivity index (χ0) is 19.4. The normalized spacial score (nSPS) is 14.2. The highest BCUT2D eigenvalue weighted by Gasteiger charge is 2.20. The monoisotopic (exact) mass is 391 g/mol. The molecule has 3 rings (SSSR count). The van der Waals surface area contributed by atoms with Gasteiger partial charge >= 0.3 is 0 Å². The van der Waals surface area contributed by atoms with Crippen LogP contribution in [0.5, 0.6) is 17.2 Å². The van der Waals surface area contributed by atoms with Crippen LogP contribution < -0.4 is 19.5 Å². The van der Waals surface area contributed by atoms with E-state index < -0.39 is 0 Å². The Kier molecular flexibility index (Phi) is 6.18. The van der Waals surface area contributed by atoms with Gasteiger partial charge in [-0.05, 0) is 32.9 Å². The van der Waals surface area contributed by atoms with Crippen LogP contribution in [0.15, 0.2) is 12.1 Å². The summed E-state index contributed by atoms with van der Waals surface area (Å²) in [6.07, 6.45) is 2.47. The second-order valence-corrected chi connectivity index (χ2v) is 7.46. The van der Waals surface area contributed by atoms with Crippen LogP contribution in [-0.2, 0) is 6.54 Å². The largest absolute Gasteiger partial charge is 0.493 e. The zero-order valence-corrected chi connectivity index (χ0v) is 16.9. The third-order valence-corrected chi connectivity index (χ3v) is 5.67. The Bertz CT molecular complexity index is 790. The van der Waals surface area contributed by atoms with Crippen LogP contribution in [-0.4, -0.2) is 50.2 Å². The van der Waals surface area contributed by atoms with Crippen LogP contribution in [0.4, 0.5) is 5.69 Å². The van der Waals surface area contributed by atoms with Gasteiger partial charge in [-0.2, -0.15) is 0 Å². The van der Waals surface area contributed by atoms with Gasteiger partial charge in [0.05, 0.1) is 33.6 Å². The van der Waals surface area contributed by atoms with Crippen molar-refractivity contribution in [2.75, 3.05) is 39.7 Å². The molecule has 1 aliphatic rings. The van der Waals surface area contributed by atoms with E-state index in [0.717, 1.165) is 30.3 Å². The minimum Gasteiger partial charge on any atom is -0.493 e. The maximum Gasteiger partial charge on any atom is 0.267 e. The Balaban J connectivity index is 1.78. The van der Waals surface area contributed by atoms with E-state index in [0.29, 0.717) is 27.8 Å². The predicted octanol–water partition coefficient (Wildman–Crippen LogP) is 3.33. The van der Waals surface area contributed by atoms with Gasteiger partial charge < -0.3 is 19.5 Å². The molecule has 8 heteroatoms. The van der Waals surface area contributed by atoms with Crippen molar-refractivity contribution in [3.8, 4) is 17.2 Å². The number of amides is 1. The highest BCUT2D eigenvalue weighted by atomic mass is 32.1. The fourth-order valence-corrected chi connectivity index (χ4v) is 4.21. The summed E-state index contributed by atoms with van der Waals surface area (Å²) < 4.78 is 16.0. The zero-order valence-electron chi connectivity index (χ0n) is 16.1. The minimum absolute atomic E-state index is 0.188. The minimum atomic E-state index is -0.188. The molecular formula is C19H25N3O4S. The Hall–Kier alpha value is -2.32. The maximum absolute atomic E-state index is 12.8. The van der Waals surface area contributed by atoms with Crippen LogP contribution in [0.25, 0.3) is 0 Å². The van der Waals surface area contributed by atoms with Gasteiger partial charge in [0.1, 0.15) is 9.88 Å². The van der Waals surface area contributed by atoms with Crippen molar-refractivity contribution in [1.82, 2.24) is 9.88 Å². The lowest BCUT2D eigenvalue weighted by molar-refractivity contribution is 0.103. The van der Waals surface area contributed by atoms with Gasteiger partial charge in [0.25, 0.3) is 5.91 Å². The molecule has 2 heterocycles. The summed E-state index contributed by atoms with van der Waals surface area (Å²) in [6, 6.07) is 3.42. The highest BCUT2D eigenvalue weighted by Crippen LogP contribution is 2.40. The first-order chi connectivity index (χ1) is 13.0. The molecule has 1 amide bonds. The maximum atomic E-state index is 12.8. The van der Waals surface area contributed by atoms with Crippen molar-refractivity contribution in [2.24, 2.45) is 0 Å². The molecule has 0 spiro atoms. The number of anilines is 1. The lowest BCUT2D eigenvalue weighted by atomic mass is 10.2. The highest BCUT2D eigenvalue weighted by molar-refractivity contribution is 7.13. The lowest BCUT2D eigenvalue weighted by Gasteiger charge is -2.14. The van der Waals surface area contributed by atoms with Crippen LogP contribution in [0, 0.1) is 6.92 Å². The van der Waals surface area contributed by atoms with Crippen molar-refractivity contribution < 1.29 is 19.0 Å². The van der Waals surface area contributed by atoms with E-state index >= 15 is 0 Å². The number of rotatable bonds is 7. The van der Waals surface area contributed by atoms with Gasteiger partial charge in [0.2, 0.25) is 5.75 Å². The van der Waals surface area contributed by atoms with E-state index in [4.69, 9.17) is 14.2 Å². The average Bonchev–Trinajstić information content (AvgIpc) is 3.30. The second kappa shape index (κ2) is 8.58. The summed E-state index contributed by atoms with van der Waals surface area (Å²) in [4.78, 5) is 20.3. The first kappa shape index (κ1) is 19.4. The Labute approximate surface area is 163 Å². The topological polar surface area (TPSA) is 72.9 Å². The number of benzene rings is 1. The molecule has 1 aromatic heterocycles. The SMILES string of the molecule is COc1cc(NC(=O)c2sc(CN3CCCC3)nc2C)cc(OC)c1OC. The van der Waals surface area contributed by atoms with Crippen molar-refractivity contribution in [3.05, 3.63) is 27.7 Å². The third-order valence-electron chi connectivity index (χ3n) is 4.53. The summed E-state index contributed by atoms with van der Waals surface area (Å²) in [5.74, 6) is 1.28. The molecular weight excluding hydrogens is 366 g/mol. The van der Waals surface area contributed by atoms with Crippen molar-refractivity contribution in [3.63, 3.8) is 0 Å². The van der Waals surface area contributed by atoms with Gasteiger partial charge in [0, 0.05) is 17.8 Å². The Morgan fingerprint density at radius 3 is 2.33 bits per heavy atom. The van der Waals surface area contributed by atoms with Gasteiger partial charge in [0.15, 0.2) is 11.5 Å². The van der Waals surface area contributed by atoms with E-state index in [2.05, 4.69) is 15.2 Å². The molecule has 1 N–H and O–H groups in total. The number of carbonyl (C=O) groups is 1. The van der Waals surface area contributed by atoms with Crippen molar-refractivity contribution in [1.29, 1.82) is 0 Å². The van der Waals surface area contributed by atoms with Crippen LogP contribution >= 0.6 is 11.3 Å². The summed E-state index contributed by atoms with van der Waals surface area (Å²) in [5, 5.41) is 3.89. The number of hydrogen-bond acceptors (Lipinski definition) is 7. The van der Waals surface area contributed by atoms with Gasteiger partial charge in [-0.15, -0.1) is 11.3 Å². The van der Waals surface area contributed by atoms with Gasteiger partial charge in [-0.1, -0.05) is 0 Å². The molecule has 0 saturated carbocycles. The molecule has 0 atom stereocenters. The molecule has 27 heavy (non-hydrogen) atoms. The molecule has 1 saturated heterocycles. The number of thiazole rings is 1. The molecule has 0 radical (unpaired) electrons. The van der Waals surface area contributed by atoms with Crippen LogP contribution in [0.1, 0.15) is 33.2 Å². The third kappa shape index (κ3) is 4.33. The number of ether oxygens (including phenoxy) is 3. The van der Waals surface area contributed by atoms with E-state index in [1.807, 2.05) is 6.92 Å². The summed E-state index contributed by atoms with van der Waals surface area (Å²) in [7, 11) is 4.63. The molecule has 1 fully saturated rings. The number of carbonyl (C=O) groups excluding carboxylic acids is 1. The number of aryl methyl sites for hydroxylation is 1. The van der Waals surface area contributed by atoms with E-state index in [9.17, 15) is 4.79 Å². The number of aromatic nitrogens is 1. The van der Waals surface area contributed by atoms with E-state index in [-0.39, 0.29) is 5.91 Å². The summed E-state index contributed by atoms with van der Waals surface area (Å²) >= 11 is 1.45. The van der Waals surface area contributed by atoms with E-state index in [1.165, 1.54) is 24.2 Å². The Morgan fingerprint density at radius 1 is 1.15 bits per heavy atom. The first-order valence-corrected chi connectivity index (χ1v) is 9.67. The number of nitrogens with one attached hydrogen (secondary N) is 1. The second-order valence-electron chi connectivity index (χ2n) is 6.37. The quantitative estimate of drug-likeness (QED) is 0.781. The van der Waals surface area contributed by atoms with E-state index in [1.54, 1.807) is 33.5 Å². The predicted molar refractivity (Wildman–Crippen MR) is 105 cm³/mol. The molecule has 0 bridgehead atoms.